The normalized spacial score (nSPS) is 15.1. The number of morpholine rings is 1. The van der Waals surface area contributed by atoms with Gasteiger partial charge in [-0.05, 0) is 71.1 Å². The third-order valence-electron chi connectivity index (χ3n) is 4.87. The summed E-state index contributed by atoms with van der Waals surface area (Å²) in [6.45, 7) is 7.00. The Morgan fingerprint density at radius 1 is 1.26 bits per heavy atom. The van der Waals surface area contributed by atoms with Crippen LogP contribution in [0.25, 0.3) is 0 Å². The molecule has 9 heteroatoms. The van der Waals surface area contributed by atoms with Crippen molar-refractivity contribution in [3.05, 3.63) is 44.6 Å². The van der Waals surface area contributed by atoms with Crippen molar-refractivity contribution in [3.8, 4) is 0 Å². The van der Waals surface area contributed by atoms with Gasteiger partial charge in [0.2, 0.25) is 5.91 Å². The fraction of sp³-hybridized carbons (Fsp3) is 0.409. The molecule has 2 heterocycles. The molecule has 166 valence electrons. The molecule has 2 N–H and O–H groups in total. The SMILES string of the molecule is Cc1cc(NC(=O)C(CC(C)C)NC(=O)c2ccc(Br)s2)ccc1N1CCOCC1=O. The highest BCUT2D eigenvalue weighted by Gasteiger charge is 2.25. The van der Waals surface area contributed by atoms with Crippen LogP contribution < -0.4 is 15.5 Å². The zero-order valence-corrected chi connectivity index (χ0v) is 20.1. The molecule has 1 unspecified atom stereocenters. The predicted octanol–water partition coefficient (Wildman–Crippen LogP) is 3.97. The molecule has 1 aliphatic rings. The number of benzene rings is 1. The van der Waals surface area contributed by atoms with Crippen molar-refractivity contribution < 1.29 is 19.1 Å². The Hall–Kier alpha value is -2.23. The molecule has 1 atom stereocenters. The number of nitrogens with one attached hydrogen (secondary N) is 2. The van der Waals surface area contributed by atoms with Crippen LogP contribution in [0.15, 0.2) is 34.1 Å². The van der Waals surface area contributed by atoms with Crippen molar-refractivity contribution in [3.63, 3.8) is 0 Å². The summed E-state index contributed by atoms with van der Waals surface area (Å²) >= 11 is 4.67. The lowest BCUT2D eigenvalue weighted by Crippen LogP contribution is -2.44. The number of hydrogen-bond acceptors (Lipinski definition) is 5. The fourth-order valence-corrected chi connectivity index (χ4v) is 4.70. The Balaban J connectivity index is 1.71. The topological polar surface area (TPSA) is 87.7 Å². The Bertz CT molecular complexity index is 975. The number of carbonyl (C=O) groups excluding carboxylic acids is 3. The lowest BCUT2D eigenvalue weighted by atomic mass is 10.0. The van der Waals surface area contributed by atoms with Gasteiger partial charge in [-0.3, -0.25) is 14.4 Å². The molecule has 1 aromatic heterocycles. The Labute approximate surface area is 194 Å². The molecule has 0 bridgehead atoms. The van der Waals surface area contributed by atoms with Gasteiger partial charge in [-0.25, -0.2) is 0 Å². The van der Waals surface area contributed by atoms with Crippen LogP contribution in [0.5, 0.6) is 0 Å². The van der Waals surface area contributed by atoms with Gasteiger partial charge < -0.3 is 20.3 Å². The van der Waals surface area contributed by atoms with Gasteiger partial charge in [-0.15, -0.1) is 11.3 Å². The van der Waals surface area contributed by atoms with E-state index in [1.807, 2.05) is 32.9 Å². The number of amides is 3. The largest absolute Gasteiger partial charge is 0.370 e. The van der Waals surface area contributed by atoms with E-state index in [-0.39, 0.29) is 30.2 Å². The molecular weight excluding hydrogens is 482 g/mol. The summed E-state index contributed by atoms with van der Waals surface area (Å²) in [5.41, 5.74) is 2.30. The molecule has 3 rings (SSSR count). The smallest absolute Gasteiger partial charge is 0.262 e. The maximum absolute atomic E-state index is 13.0. The number of anilines is 2. The number of halogens is 1. The monoisotopic (exact) mass is 507 g/mol. The maximum Gasteiger partial charge on any atom is 0.262 e. The average molecular weight is 508 g/mol. The van der Waals surface area contributed by atoms with Crippen LogP contribution in [-0.2, 0) is 14.3 Å². The molecule has 1 saturated heterocycles. The van der Waals surface area contributed by atoms with Crippen LogP contribution in [0.2, 0.25) is 0 Å². The van der Waals surface area contributed by atoms with Gasteiger partial charge >= 0.3 is 0 Å². The van der Waals surface area contributed by atoms with Crippen molar-refractivity contribution in [1.82, 2.24) is 5.32 Å². The van der Waals surface area contributed by atoms with Crippen molar-refractivity contribution in [1.29, 1.82) is 0 Å². The number of aryl methyl sites for hydroxylation is 1. The first-order valence-corrected chi connectivity index (χ1v) is 11.7. The molecule has 0 aliphatic carbocycles. The Kier molecular flexibility index (Phi) is 7.85. The summed E-state index contributed by atoms with van der Waals surface area (Å²) in [6.07, 6.45) is 0.517. The van der Waals surface area contributed by atoms with E-state index >= 15 is 0 Å². The second-order valence-corrected chi connectivity index (χ2v) is 10.3. The molecule has 1 fully saturated rings. The fourth-order valence-electron chi connectivity index (χ4n) is 3.41. The summed E-state index contributed by atoms with van der Waals surface area (Å²) in [7, 11) is 0. The predicted molar refractivity (Wildman–Crippen MR) is 126 cm³/mol. The zero-order chi connectivity index (χ0) is 22.5. The van der Waals surface area contributed by atoms with Crippen molar-refractivity contribution in [2.75, 3.05) is 30.0 Å². The first-order chi connectivity index (χ1) is 14.7. The standard InChI is InChI=1S/C22H26BrN3O4S/c1-13(2)10-16(25-22(29)18-6-7-19(23)31-18)21(28)24-15-4-5-17(14(3)11-15)26-8-9-30-12-20(26)27/h4-7,11,13,16H,8-10,12H2,1-3H3,(H,24,28)(H,25,29). The number of ether oxygens (including phenoxy) is 1. The summed E-state index contributed by atoms with van der Waals surface area (Å²) in [6, 6.07) is 8.31. The molecule has 1 aromatic carbocycles. The molecule has 3 amide bonds. The van der Waals surface area contributed by atoms with Gasteiger partial charge in [0, 0.05) is 17.9 Å². The lowest BCUT2D eigenvalue weighted by molar-refractivity contribution is -0.125. The third-order valence-corrected chi connectivity index (χ3v) is 6.49. The number of carbonyl (C=O) groups is 3. The number of rotatable bonds is 7. The molecule has 31 heavy (non-hydrogen) atoms. The number of hydrogen-bond donors (Lipinski definition) is 2. The first kappa shape index (κ1) is 23.4. The number of nitrogens with zero attached hydrogens (tertiary/aromatic N) is 1. The minimum absolute atomic E-state index is 0.0777. The van der Waals surface area contributed by atoms with E-state index in [9.17, 15) is 14.4 Å². The van der Waals surface area contributed by atoms with E-state index in [0.717, 1.165) is 15.0 Å². The Morgan fingerprint density at radius 2 is 2.03 bits per heavy atom. The van der Waals surface area contributed by atoms with E-state index in [2.05, 4.69) is 26.6 Å². The molecule has 0 spiro atoms. The highest BCUT2D eigenvalue weighted by atomic mass is 79.9. The van der Waals surface area contributed by atoms with Crippen LogP contribution >= 0.6 is 27.3 Å². The molecule has 2 aromatic rings. The van der Waals surface area contributed by atoms with Crippen LogP contribution in [0, 0.1) is 12.8 Å². The highest BCUT2D eigenvalue weighted by Crippen LogP contribution is 2.26. The minimum atomic E-state index is -0.658. The van der Waals surface area contributed by atoms with Gasteiger partial charge in [-0.2, -0.15) is 0 Å². The van der Waals surface area contributed by atoms with Gasteiger partial charge in [0.1, 0.15) is 12.6 Å². The van der Waals surface area contributed by atoms with Crippen LogP contribution in [0.4, 0.5) is 11.4 Å². The summed E-state index contributed by atoms with van der Waals surface area (Å²) in [5, 5.41) is 5.76. The van der Waals surface area contributed by atoms with E-state index in [1.54, 1.807) is 23.1 Å². The van der Waals surface area contributed by atoms with Crippen molar-refractivity contribution >= 4 is 56.4 Å². The van der Waals surface area contributed by atoms with Gasteiger partial charge in [0.05, 0.1) is 15.3 Å². The average Bonchev–Trinajstić information content (AvgIpc) is 3.14. The maximum atomic E-state index is 13.0. The van der Waals surface area contributed by atoms with Gasteiger partial charge in [0.15, 0.2) is 0 Å². The van der Waals surface area contributed by atoms with E-state index in [1.165, 1.54) is 11.3 Å². The lowest BCUT2D eigenvalue weighted by Gasteiger charge is -2.28. The summed E-state index contributed by atoms with van der Waals surface area (Å²) in [5.74, 6) is -0.394. The summed E-state index contributed by atoms with van der Waals surface area (Å²) in [4.78, 5) is 39.9. The van der Waals surface area contributed by atoms with Crippen LogP contribution in [-0.4, -0.2) is 43.5 Å². The molecular formula is C22H26BrN3O4S. The van der Waals surface area contributed by atoms with E-state index in [4.69, 9.17) is 4.74 Å². The molecule has 0 saturated carbocycles. The highest BCUT2D eigenvalue weighted by molar-refractivity contribution is 9.11. The van der Waals surface area contributed by atoms with Crippen molar-refractivity contribution in [2.24, 2.45) is 5.92 Å². The van der Waals surface area contributed by atoms with E-state index in [0.29, 0.717) is 30.1 Å². The quantitative estimate of drug-likeness (QED) is 0.593. The van der Waals surface area contributed by atoms with Crippen molar-refractivity contribution in [2.45, 2.75) is 33.2 Å². The second kappa shape index (κ2) is 10.4. The zero-order valence-electron chi connectivity index (χ0n) is 17.7. The Morgan fingerprint density at radius 3 is 2.65 bits per heavy atom. The van der Waals surface area contributed by atoms with Crippen LogP contribution in [0.1, 0.15) is 35.5 Å². The molecule has 7 nitrogen and oxygen atoms in total. The first-order valence-electron chi connectivity index (χ1n) is 10.1. The number of thiophene rings is 1. The van der Waals surface area contributed by atoms with Gasteiger partial charge in [-0.1, -0.05) is 13.8 Å². The molecule has 0 radical (unpaired) electrons. The molecule has 1 aliphatic heterocycles. The van der Waals surface area contributed by atoms with E-state index < -0.39 is 6.04 Å². The third kappa shape index (κ3) is 6.15. The van der Waals surface area contributed by atoms with Gasteiger partial charge in [0.25, 0.3) is 11.8 Å². The minimum Gasteiger partial charge on any atom is -0.370 e. The van der Waals surface area contributed by atoms with Crippen LogP contribution in [0.3, 0.4) is 0 Å². The second-order valence-electron chi connectivity index (χ2n) is 7.85. The summed E-state index contributed by atoms with van der Waals surface area (Å²) < 4.78 is 6.05.